The van der Waals surface area contributed by atoms with Crippen LogP contribution in [-0.2, 0) is 20.9 Å². The van der Waals surface area contributed by atoms with Crippen molar-refractivity contribution < 1.29 is 19.4 Å². The predicted molar refractivity (Wildman–Crippen MR) is 86.8 cm³/mol. The Labute approximate surface area is 147 Å². The van der Waals surface area contributed by atoms with E-state index in [1.165, 1.54) is 0 Å². The second kappa shape index (κ2) is 7.16. The highest BCUT2D eigenvalue weighted by Crippen LogP contribution is 2.21. The highest BCUT2D eigenvalue weighted by Gasteiger charge is 2.41. The zero-order valence-electron chi connectivity index (χ0n) is 13.2. The molecule has 1 aliphatic heterocycles. The number of rotatable bonds is 5. The number of carboxylic acid groups (broad SMARTS) is 1. The number of carboxylic acids is 1. The summed E-state index contributed by atoms with van der Waals surface area (Å²) in [6.45, 7) is 0.347. The molecule has 0 atom stereocenters. The van der Waals surface area contributed by atoms with Gasteiger partial charge in [-0.3, -0.25) is 4.79 Å². The van der Waals surface area contributed by atoms with Gasteiger partial charge in [0.15, 0.2) is 0 Å². The second-order valence-corrected chi connectivity index (χ2v) is 6.13. The van der Waals surface area contributed by atoms with Crippen molar-refractivity contribution >= 4 is 23.5 Å². The third kappa shape index (κ3) is 3.94. The van der Waals surface area contributed by atoms with E-state index in [0.29, 0.717) is 16.4 Å². The Morgan fingerprint density at radius 2 is 1.96 bits per heavy atom. The first-order valence-electron chi connectivity index (χ1n) is 7.64. The van der Waals surface area contributed by atoms with Gasteiger partial charge >= 0.3 is 5.97 Å². The van der Waals surface area contributed by atoms with Crippen LogP contribution in [0.5, 0.6) is 0 Å². The molecule has 25 heavy (non-hydrogen) atoms. The van der Waals surface area contributed by atoms with Crippen molar-refractivity contribution in [2.45, 2.75) is 24.9 Å². The molecular weight excluding hydrogens is 350 g/mol. The molecule has 1 amide bonds. The Balaban J connectivity index is 1.67. The largest absolute Gasteiger partial charge is 0.480 e. The van der Waals surface area contributed by atoms with Crippen LogP contribution in [0.15, 0.2) is 24.3 Å². The third-order valence-corrected chi connectivity index (χ3v) is 4.23. The van der Waals surface area contributed by atoms with E-state index in [1.54, 1.807) is 24.3 Å². The first-order valence-corrected chi connectivity index (χ1v) is 8.02. The maximum Gasteiger partial charge on any atom is 0.329 e. The van der Waals surface area contributed by atoms with Gasteiger partial charge in [0.25, 0.3) is 0 Å². The lowest BCUT2D eigenvalue weighted by molar-refractivity contribution is -0.152. The minimum absolute atomic E-state index is 0.217. The SMILES string of the molecule is O=C(Cn1nnc(-c2ccc(Cl)cc2)n1)NC1(C(=O)O)CCOCC1. The zero-order valence-corrected chi connectivity index (χ0v) is 13.9. The van der Waals surface area contributed by atoms with E-state index in [9.17, 15) is 14.7 Å². The van der Waals surface area contributed by atoms with Crippen LogP contribution in [0.3, 0.4) is 0 Å². The van der Waals surface area contributed by atoms with E-state index in [4.69, 9.17) is 16.3 Å². The van der Waals surface area contributed by atoms with Gasteiger partial charge in [0.05, 0.1) is 0 Å². The number of amides is 1. The Bertz CT molecular complexity index is 770. The lowest BCUT2D eigenvalue weighted by atomic mass is 9.90. The number of carbonyl (C=O) groups excluding carboxylic acids is 1. The minimum atomic E-state index is -1.31. The fourth-order valence-electron chi connectivity index (χ4n) is 2.57. The van der Waals surface area contributed by atoms with Crippen LogP contribution in [0.25, 0.3) is 11.4 Å². The number of aromatic nitrogens is 4. The van der Waals surface area contributed by atoms with E-state index < -0.39 is 17.4 Å². The summed E-state index contributed by atoms with van der Waals surface area (Å²) in [5, 5.41) is 24.5. The summed E-state index contributed by atoms with van der Waals surface area (Å²) in [6, 6.07) is 6.88. The molecule has 1 fully saturated rings. The van der Waals surface area contributed by atoms with Crippen molar-refractivity contribution in [1.29, 1.82) is 0 Å². The van der Waals surface area contributed by atoms with Crippen LogP contribution in [0, 0.1) is 0 Å². The molecule has 1 saturated heterocycles. The Kier molecular flexibility index (Phi) is 4.95. The summed E-state index contributed by atoms with van der Waals surface area (Å²) in [6.07, 6.45) is 0.434. The summed E-state index contributed by atoms with van der Waals surface area (Å²) < 4.78 is 5.17. The molecule has 0 spiro atoms. The lowest BCUT2D eigenvalue weighted by Gasteiger charge is -2.33. The van der Waals surface area contributed by atoms with Gasteiger partial charge in [-0.1, -0.05) is 11.6 Å². The Morgan fingerprint density at radius 1 is 1.28 bits per heavy atom. The van der Waals surface area contributed by atoms with Crippen molar-refractivity contribution in [2.75, 3.05) is 13.2 Å². The average molecular weight is 366 g/mol. The smallest absolute Gasteiger partial charge is 0.329 e. The average Bonchev–Trinajstić information content (AvgIpc) is 3.04. The lowest BCUT2D eigenvalue weighted by Crippen LogP contribution is -2.58. The number of hydrogen-bond acceptors (Lipinski definition) is 6. The number of nitrogens with zero attached hydrogens (tertiary/aromatic N) is 4. The van der Waals surface area contributed by atoms with Crippen molar-refractivity contribution in [2.24, 2.45) is 0 Å². The minimum Gasteiger partial charge on any atom is -0.480 e. The van der Waals surface area contributed by atoms with Crippen LogP contribution in [-0.4, -0.2) is 55.9 Å². The number of ether oxygens (including phenoxy) is 1. The quantitative estimate of drug-likeness (QED) is 0.802. The fraction of sp³-hybridized carbons (Fsp3) is 0.400. The van der Waals surface area contributed by atoms with Crippen molar-refractivity contribution in [1.82, 2.24) is 25.5 Å². The molecule has 0 radical (unpaired) electrons. The molecule has 9 nitrogen and oxygen atoms in total. The molecule has 1 aromatic carbocycles. The van der Waals surface area contributed by atoms with Gasteiger partial charge in [0, 0.05) is 36.6 Å². The number of hydrogen-bond donors (Lipinski definition) is 2. The van der Waals surface area contributed by atoms with Crippen LogP contribution in [0.1, 0.15) is 12.8 Å². The number of benzene rings is 1. The molecule has 2 heterocycles. The summed E-state index contributed by atoms with van der Waals surface area (Å²) in [5.74, 6) is -1.22. The van der Waals surface area contributed by atoms with Gasteiger partial charge in [0.2, 0.25) is 11.7 Å². The maximum absolute atomic E-state index is 12.2. The highest BCUT2D eigenvalue weighted by molar-refractivity contribution is 6.30. The van der Waals surface area contributed by atoms with Crippen molar-refractivity contribution in [3.8, 4) is 11.4 Å². The summed E-state index contributed by atoms with van der Waals surface area (Å²) in [4.78, 5) is 24.9. The second-order valence-electron chi connectivity index (χ2n) is 5.70. The molecular formula is C15H16ClN5O4. The molecule has 1 aliphatic rings. The molecule has 0 aliphatic carbocycles. The molecule has 0 unspecified atom stereocenters. The monoisotopic (exact) mass is 365 g/mol. The number of halogens is 1. The van der Waals surface area contributed by atoms with Gasteiger partial charge in [-0.05, 0) is 29.5 Å². The molecule has 0 saturated carbocycles. The van der Waals surface area contributed by atoms with Gasteiger partial charge in [-0.15, -0.1) is 10.2 Å². The van der Waals surface area contributed by atoms with Crippen molar-refractivity contribution in [3.05, 3.63) is 29.3 Å². The van der Waals surface area contributed by atoms with Crippen LogP contribution in [0.4, 0.5) is 0 Å². The molecule has 10 heteroatoms. The summed E-state index contributed by atoms with van der Waals surface area (Å²) in [7, 11) is 0. The number of nitrogens with one attached hydrogen (secondary N) is 1. The van der Waals surface area contributed by atoms with Crippen LogP contribution >= 0.6 is 11.6 Å². The predicted octanol–water partition coefficient (Wildman–Crippen LogP) is 0.743. The van der Waals surface area contributed by atoms with E-state index in [-0.39, 0.29) is 32.6 Å². The molecule has 3 rings (SSSR count). The maximum atomic E-state index is 12.2. The number of aliphatic carboxylic acids is 1. The number of carbonyl (C=O) groups is 2. The number of tetrazole rings is 1. The van der Waals surface area contributed by atoms with E-state index >= 15 is 0 Å². The van der Waals surface area contributed by atoms with Crippen LogP contribution in [0.2, 0.25) is 5.02 Å². The van der Waals surface area contributed by atoms with E-state index in [2.05, 4.69) is 20.7 Å². The van der Waals surface area contributed by atoms with Gasteiger partial charge in [-0.2, -0.15) is 4.80 Å². The normalized spacial score (nSPS) is 16.4. The van der Waals surface area contributed by atoms with E-state index in [0.717, 1.165) is 4.80 Å². The molecule has 0 bridgehead atoms. The molecule has 1 aromatic heterocycles. The molecule has 2 N–H and O–H groups in total. The van der Waals surface area contributed by atoms with Gasteiger partial charge in [0.1, 0.15) is 12.1 Å². The van der Waals surface area contributed by atoms with Crippen LogP contribution < -0.4 is 5.32 Å². The molecule has 132 valence electrons. The molecule has 2 aromatic rings. The zero-order chi connectivity index (χ0) is 17.9. The Morgan fingerprint density at radius 3 is 2.60 bits per heavy atom. The standard InChI is InChI=1S/C15H16ClN5O4/c16-11-3-1-10(2-4-11)13-18-20-21(19-13)9-12(22)17-15(14(23)24)5-7-25-8-6-15/h1-4H,5-9H2,(H,17,22)(H,23,24). The third-order valence-electron chi connectivity index (χ3n) is 3.97. The van der Waals surface area contributed by atoms with Gasteiger partial charge < -0.3 is 15.2 Å². The first kappa shape index (κ1) is 17.3. The van der Waals surface area contributed by atoms with Gasteiger partial charge in [-0.25, -0.2) is 4.79 Å². The topological polar surface area (TPSA) is 119 Å². The van der Waals surface area contributed by atoms with E-state index in [1.807, 2.05) is 0 Å². The fourth-order valence-corrected chi connectivity index (χ4v) is 2.70. The van der Waals surface area contributed by atoms with Crippen molar-refractivity contribution in [3.63, 3.8) is 0 Å². The first-order chi connectivity index (χ1) is 12.0. The highest BCUT2D eigenvalue weighted by atomic mass is 35.5. The Hall–Kier alpha value is -2.52. The summed E-state index contributed by atoms with van der Waals surface area (Å²) in [5.41, 5.74) is -0.600. The summed E-state index contributed by atoms with van der Waals surface area (Å²) >= 11 is 5.83.